The number of fused-ring (bicyclic) bond motifs is 1. The highest BCUT2D eigenvalue weighted by atomic mass is 32.1. The lowest BCUT2D eigenvalue weighted by Gasteiger charge is -2.09. The Labute approximate surface area is 135 Å². The van der Waals surface area contributed by atoms with Gasteiger partial charge in [0, 0.05) is 4.88 Å². The largest absolute Gasteiger partial charge is 0.381 e. The first kappa shape index (κ1) is 15.2. The highest BCUT2D eigenvalue weighted by molar-refractivity contribution is 7.16. The third-order valence-corrected chi connectivity index (χ3v) is 4.88. The van der Waals surface area contributed by atoms with E-state index in [9.17, 15) is 20.2 Å². The number of anilines is 1. The van der Waals surface area contributed by atoms with Gasteiger partial charge in [0.1, 0.15) is 23.8 Å². The molecule has 0 aliphatic heterocycles. The minimum Gasteiger partial charge on any atom is -0.358 e. The number of hydrogen-bond donors (Lipinski definition) is 1. The number of rotatable bonds is 4. The molecule has 0 saturated carbocycles. The molecule has 8 nitrogen and oxygen atoms in total. The average molecular weight is 331 g/mol. The van der Waals surface area contributed by atoms with Crippen LogP contribution in [0.2, 0.25) is 0 Å². The molecule has 0 spiro atoms. The van der Waals surface area contributed by atoms with Gasteiger partial charge in [-0.1, -0.05) is 0 Å². The molecule has 0 aromatic carbocycles. The van der Waals surface area contributed by atoms with Crippen LogP contribution in [0.5, 0.6) is 0 Å². The number of nitrogens with zero attached hydrogens (tertiary/aromatic N) is 4. The van der Waals surface area contributed by atoms with Crippen LogP contribution in [-0.4, -0.2) is 20.4 Å². The van der Waals surface area contributed by atoms with Gasteiger partial charge >= 0.3 is 5.82 Å². The molecule has 23 heavy (non-hydrogen) atoms. The molecule has 0 saturated heterocycles. The van der Waals surface area contributed by atoms with Gasteiger partial charge in [-0.3, -0.25) is 4.79 Å². The molecule has 118 valence electrons. The zero-order valence-electron chi connectivity index (χ0n) is 12.1. The van der Waals surface area contributed by atoms with Crippen molar-refractivity contribution in [1.82, 2.24) is 9.55 Å². The third kappa shape index (κ3) is 3.07. The summed E-state index contributed by atoms with van der Waals surface area (Å²) in [6.45, 7) is -0.0890. The van der Waals surface area contributed by atoms with Crippen LogP contribution in [-0.2, 0) is 24.2 Å². The second-order valence-electron chi connectivity index (χ2n) is 5.24. The quantitative estimate of drug-likeness (QED) is 0.681. The lowest BCUT2D eigenvalue weighted by atomic mass is 9.96. The topological polar surface area (TPSA) is 114 Å². The molecule has 0 unspecified atom stereocenters. The fourth-order valence-electron chi connectivity index (χ4n) is 2.63. The van der Waals surface area contributed by atoms with Crippen LogP contribution in [0.1, 0.15) is 28.8 Å². The summed E-state index contributed by atoms with van der Waals surface area (Å²) >= 11 is 1.45. The van der Waals surface area contributed by atoms with Gasteiger partial charge in [-0.2, -0.15) is 5.26 Å². The van der Waals surface area contributed by atoms with Gasteiger partial charge in [0.15, 0.2) is 0 Å². The summed E-state index contributed by atoms with van der Waals surface area (Å²) in [5.41, 5.74) is 1.60. The van der Waals surface area contributed by atoms with Crippen molar-refractivity contribution < 1.29 is 9.72 Å². The Hall–Kier alpha value is -2.73. The maximum absolute atomic E-state index is 12.1. The molecule has 0 radical (unpaired) electrons. The Morgan fingerprint density at radius 3 is 3.00 bits per heavy atom. The van der Waals surface area contributed by atoms with E-state index in [1.807, 2.05) is 0 Å². The number of nitro groups is 1. The first-order chi connectivity index (χ1) is 11.1. The third-order valence-electron chi connectivity index (χ3n) is 3.67. The molecule has 0 atom stereocenters. The number of thiophene rings is 1. The minimum absolute atomic E-state index is 0.0890. The van der Waals surface area contributed by atoms with Gasteiger partial charge < -0.3 is 20.0 Å². The molecule has 3 rings (SSSR count). The number of carbonyl (C=O) groups is 1. The van der Waals surface area contributed by atoms with Crippen molar-refractivity contribution in [2.24, 2.45) is 0 Å². The second-order valence-corrected chi connectivity index (χ2v) is 6.34. The molecule has 1 amide bonds. The molecule has 0 fully saturated rings. The van der Waals surface area contributed by atoms with Crippen molar-refractivity contribution in [3.8, 4) is 6.07 Å². The molecule has 2 aromatic heterocycles. The number of aromatic nitrogens is 2. The lowest BCUT2D eigenvalue weighted by Crippen LogP contribution is -2.17. The zero-order valence-corrected chi connectivity index (χ0v) is 12.9. The smallest absolute Gasteiger partial charge is 0.358 e. The van der Waals surface area contributed by atoms with E-state index in [2.05, 4.69) is 16.4 Å². The van der Waals surface area contributed by atoms with Crippen molar-refractivity contribution in [2.45, 2.75) is 32.2 Å². The Morgan fingerprint density at radius 2 is 2.30 bits per heavy atom. The normalized spacial score (nSPS) is 13.2. The van der Waals surface area contributed by atoms with Crippen molar-refractivity contribution in [2.75, 3.05) is 5.32 Å². The number of imidazole rings is 1. The van der Waals surface area contributed by atoms with Crippen molar-refractivity contribution in [3.63, 3.8) is 0 Å². The molecule has 1 N–H and O–H groups in total. The van der Waals surface area contributed by atoms with Gasteiger partial charge in [-0.15, -0.1) is 11.3 Å². The van der Waals surface area contributed by atoms with Crippen LogP contribution in [0, 0.1) is 21.4 Å². The Morgan fingerprint density at radius 1 is 1.52 bits per heavy atom. The summed E-state index contributed by atoms with van der Waals surface area (Å²) in [6, 6.07) is 2.18. The molecular weight excluding hydrogens is 318 g/mol. The van der Waals surface area contributed by atoms with E-state index >= 15 is 0 Å². The molecule has 2 heterocycles. The lowest BCUT2D eigenvalue weighted by molar-refractivity contribution is -0.389. The van der Waals surface area contributed by atoms with Gasteiger partial charge in [0.2, 0.25) is 12.2 Å². The van der Waals surface area contributed by atoms with E-state index in [0.29, 0.717) is 10.6 Å². The standard InChI is InChI=1S/C14H13N5O3S/c15-5-10-9-3-1-2-4-11(9)23-14(10)17-13(20)7-18-6-12(16-8-18)19(21)22/h6,8H,1-4,7H2,(H,17,20). The minimum atomic E-state index is -0.616. The van der Waals surface area contributed by atoms with E-state index in [1.54, 1.807) is 0 Å². The van der Waals surface area contributed by atoms with E-state index in [1.165, 1.54) is 33.3 Å². The number of nitrogens with one attached hydrogen (secondary N) is 1. The van der Waals surface area contributed by atoms with Crippen LogP contribution < -0.4 is 5.32 Å². The number of nitriles is 1. The predicted molar refractivity (Wildman–Crippen MR) is 83.2 cm³/mol. The van der Waals surface area contributed by atoms with Gasteiger partial charge in [-0.05, 0) is 41.2 Å². The number of carbonyl (C=O) groups excluding carboxylic acids is 1. The monoisotopic (exact) mass is 331 g/mol. The maximum Gasteiger partial charge on any atom is 0.381 e. The van der Waals surface area contributed by atoms with Crippen LogP contribution in [0.25, 0.3) is 0 Å². The molecule has 2 aromatic rings. The van der Waals surface area contributed by atoms with Crippen LogP contribution in [0.4, 0.5) is 10.8 Å². The summed E-state index contributed by atoms with van der Waals surface area (Å²) in [7, 11) is 0. The van der Waals surface area contributed by atoms with Crippen LogP contribution in [0.3, 0.4) is 0 Å². The summed E-state index contributed by atoms with van der Waals surface area (Å²) in [5.74, 6) is -0.644. The van der Waals surface area contributed by atoms with Crippen LogP contribution in [0.15, 0.2) is 12.5 Å². The highest BCUT2D eigenvalue weighted by Gasteiger charge is 2.22. The molecular formula is C14H13N5O3S. The van der Waals surface area contributed by atoms with E-state index in [4.69, 9.17) is 0 Å². The zero-order chi connectivity index (χ0) is 16.4. The maximum atomic E-state index is 12.1. The molecule has 9 heteroatoms. The van der Waals surface area contributed by atoms with Gasteiger partial charge in [0.25, 0.3) is 0 Å². The molecule has 1 aliphatic carbocycles. The average Bonchev–Trinajstić information content (AvgIpc) is 3.11. The fraction of sp³-hybridized carbons (Fsp3) is 0.357. The Bertz CT molecular complexity index is 817. The first-order valence-electron chi connectivity index (χ1n) is 7.09. The SMILES string of the molecule is N#Cc1c(NC(=O)Cn2cnc([N+](=O)[O-])c2)sc2c1CCCC2. The summed E-state index contributed by atoms with van der Waals surface area (Å²) in [6.07, 6.45) is 6.41. The number of hydrogen-bond acceptors (Lipinski definition) is 6. The molecule has 0 bridgehead atoms. The van der Waals surface area contributed by atoms with E-state index in [0.717, 1.165) is 31.2 Å². The number of amides is 1. The van der Waals surface area contributed by atoms with Crippen molar-refractivity contribution in [1.29, 1.82) is 5.26 Å². The fourth-order valence-corrected chi connectivity index (χ4v) is 3.89. The second kappa shape index (κ2) is 6.18. The van der Waals surface area contributed by atoms with E-state index < -0.39 is 4.92 Å². The van der Waals surface area contributed by atoms with Gasteiger partial charge in [0.05, 0.1) is 5.56 Å². The van der Waals surface area contributed by atoms with Crippen molar-refractivity contribution in [3.05, 3.63) is 38.6 Å². The van der Waals surface area contributed by atoms with Crippen molar-refractivity contribution >= 4 is 28.1 Å². The first-order valence-corrected chi connectivity index (χ1v) is 7.90. The number of aryl methyl sites for hydroxylation is 1. The summed E-state index contributed by atoms with van der Waals surface area (Å²) < 4.78 is 1.34. The van der Waals surface area contributed by atoms with Gasteiger partial charge in [-0.25, -0.2) is 0 Å². The Balaban J connectivity index is 1.74. The summed E-state index contributed by atoms with van der Waals surface area (Å²) in [4.78, 5) is 26.8. The predicted octanol–water partition coefficient (Wildman–Crippen LogP) is 2.24. The van der Waals surface area contributed by atoms with Crippen LogP contribution >= 0.6 is 11.3 Å². The Kier molecular flexibility index (Phi) is 4.08. The molecule has 1 aliphatic rings. The van der Waals surface area contributed by atoms with E-state index in [-0.39, 0.29) is 18.3 Å². The summed E-state index contributed by atoms with van der Waals surface area (Å²) in [5, 5.41) is 23.2. The highest BCUT2D eigenvalue weighted by Crippen LogP contribution is 2.37.